The molecular weight excluding hydrogens is 418 g/mol. The van der Waals surface area contributed by atoms with E-state index in [0.29, 0.717) is 5.82 Å². The van der Waals surface area contributed by atoms with Crippen LogP contribution >= 0.6 is 0 Å². The maximum atomic E-state index is 6.81. The van der Waals surface area contributed by atoms with Crippen molar-refractivity contribution < 1.29 is 0 Å². The van der Waals surface area contributed by atoms with Crippen molar-refractivity contribution >= 4 is 11.5 Å². The predicted octanol–water partition coefficient (Wildman–Crippen LogP) is 4.42. The van der Waals surface area contributed by atoms with Crippen molar-refractivity contribution in [1.82, 2.24) is 14.8 Å². The molecule has 2 aliphatic heterocycles. The number of pyridine rings is 1. The molecule has 5 rings (SSSR count). The van der Waals surface area contributed by atoms with Crippen LogP contribution in [0.15, 0.2) is 42.6 Å². The zero-order valence-corrected chi connectivity index (χ0v) is 20.6. The van der Waals surface area contributed by atoms with Crippen LogP contribution in [-0.2, 0) is 25.7 Å². The zero-order chi connectivity index (χ0) is 23.7. The standard InChI is InChI=1S/C29H37N5/c1-3-33-13-9-20-5-7-24(17-22(20)11-15-33)26-19-32-29(31)27(28(26)30)25-8-6-21-10-14-34(4-2)16-12-23(21)18-25/h5-8,17-19H,3-4,9-16H2,1-2H3,(H4,30,31,32). The number of benzene rings is 2. The number of hydrogen-bond donors (Lipinski definition) is 2. The predicted molar refractivity (Wildman–Crippen MR) is 143 cm³/mol. The van der Waals surface area contributed by atoms with Gasteiger partial charge in [-0.3, -0.25) is 0 Å². The van der Waals surface area contributed by atoms with Crippen LogP contribution in [0.3, 0.4) is 0 Å². The lowest BCUT2D eigenvalue weighted by Gasteiger charge is -2.16. The average Bonchev–Trinajstić information content (AvgIpc) is 3.19. The van der Waals surface area contributed by atoms with E-state index in [0.717, 1.165) is 92.9 Å². The van der Waals surface area contributed by atoms with Gasteiger partial charge in [-0.2, -0.15) is 0 Å². The Morgan fingerprint density at radius 3 is 1.76 bits per heavy atom. The van der Waals surface area contributed by atoms with Crippen LogP contribution in [0.5, 0.6) is 0 Å². The molecule has 2 aromatic carbocycles. The molecule has 0 aliphatic carbocycles. The van der Waals surface area contributed by atoms with E-state index in [1.807, 2.05) is 6.20 Å². The molecule has 1 aromatic heterocycles. The molecule has 3 heterocycles. The zero-order valence-electron chi connectivity index (χ0n) is 20.6. The number of anilines is 2. The Morgan fingerprint density at radius 2 is 1.21 bits per heavy atom. The fourth-order valence-electron chi connectivity index (χ4n) is 5.57. The van der Waals surface area contributed by atoms with Crippen LogP contribution in [0.25, 0.3) is 22.3 Å². The highest BCUT2D eigenvalue weighted by Crippen LogP contribution is 2.39. The molecular formula is C29H37N5. The highest BCUT2D eigenvalue weighted by atomic mass is 15.1. The van der Waals surface area contributed by atoms with Crippen molar-refractivity contribution in [1.29, 1.82) is 0 Å². The first-order valence-corrected chi connectivity index (χ1v) is 12.8. The first kappa shape index (κ1) is 22.9. The first-order chi connectivity index (χ1) is 16.6. The molecule has 5 nitrogen and oxygen atoms in total. The van der Waals surface area contributed by atoms with Crippen molar-refractivity contribution in [2.24, 2.45) is 0 Å². The van der Waals surface area contributed by atoms with E-state index in [-0.39, 0.29) is 0 Å². The number of aromatic nitrogens is 1. The van der Waals surface area contributed by atoms with Crippen molar-refractivity contribution in [3.63, 3.8) is 0 Å². The largest absolute Gasteiger partial charge is 0.398 e. The number of nitrogen functional groups attached to an aromatic ring is 2. The summed E-state index contributed by atoms with van der Waals surface area (Å²) in [4.78, 5) is 9.63. The van der Waals surface area contributed by atoms with E-state index in [1.54, 1.807) is 0 Å². The van der Waals surface area contributed by atoms with Crippen LogP contribution in [0.1, 0.15) is 36.1 Å². The smallest absolute Gasteiger partial charge is 0.133 e. The lowest BCUT2D eigenvalue weighted by Crippen LogP contribution is -2.25. The minimum atomic E-state index is 0.498. The van der Waals surface area contributed by atoms with Crippen LogP contribution in [-0.4, -0.2) is 54.1 Å². The summed E-state index contributed by atoms with van der Waals surface area (Å²) in [7, 11) is 0. The number of likely N-dealkylation sites (N-methyl/N-ethyl adjacent to an activating group) is 2. The molecule has 34 heavy (non-hydrogen) atoms. The Bertz CT molecular complexity index is 1190. The van der Waals surface area contributed by atoms with E-state index >= 15 is 0 Å². The molecule has 5 heteroatoms. The van der Waals surface area contributed by atoms with Crippen LogP contribution in [0, 0.1) is 0 Å². The molecule has 0 saturated carbocycles. The van der Waals surface area contributed by atoms with Gasteiger partial charge in [0.25, 0.3) is 0 Å². The lowest BCUT2D eigenvalue weighted by atomic mass is 9.92. The minimum Gasteiger partial charge on any atom is -0.398 e. The van der Waals surface area contributed by atoms with Gasteiger partial charge in [0.05, 0.1) is 5.69 Å². The second-order valence-corrected chi connectivity index (χ2v) is 9.68. The van der Waals surface area contributed by atoms with Gasteiger partial charge in [-0.1, -0.05) is 50.2 Å². The van der Waals surface area contributed by atoms with Crippen molar-refractivity contribution in [3.05, 3.63) is 64.8 Å². The van der Waals surface area contributed by atoms with E-state index in [4.69, 9.17) is 11.5 Å². The molecule has 3 aromatic rings. The van der Waals surface area contributed by atoms with Gasteiger partial charge >= 0.3 is 0 Å². The van der Waals surface area contributed by atoms with Gasteiger partial charge in [0.1, 0.15) is 5.82 Å². The summed E-state index contributed by atoms with van der Waals surface area (Å²) >= 11 is 0. The monoisotopic (exact) mass is 455 g/mol. The quantitative estimate of drug-likeness (QED) is 0.609. The van der Waals surface area contributed by atoms with Gasteiger partial charge in [-0.25, -0.2) is 4.98 Å². The number of nitrogens with two attached hydrogens (primary N) is 2. The Hall–Kier alpha value is -2.89. The molecule has 0 radical (unpaired) electrons. The van der Waals surface area contributed by atoms with Gasteiger partial charge in [-0.05, 0) is 72.2 Å². The van der Waals surface area contributed by atoms with Gasteiger partial charge in [-0.15, -0.1) is 0 Å². The van der Waals surface area contributed by atoms with Crippen molar-refractivity contribution in [3.8, 4) is 22.3 Å². The van der Waals surface area contributed by atoms with Crippen molar-refractivity contribution in [2.75, 3.05) is 50.7 Å². The highest BCUT2D eigenvalue weighted by Gasteiger charge is 2.19. The topological polar surface area (TPSA) is 71.4 Å². The van der Waals surface area contributed by atoms with Gasteiger partial charge in [0.15, 0.2) is 0 Å². The average molecular weight is 456 g/mol. The van der Waals surface area contributed by atoms with E-state index < -0.39 is 0 Å². The molecule has 0 bridgehead atoms. The molecule has 0 saturated heterocycles. The molecule has 178 valence electrons. The van der Waals surface area contributed by atoms with E-state index in [2.05, 4.69) is 65.0 Å². The third-order valence-electron chi connectivity index (χ3n) is 7.84. The van der Waals surface area contributed by atoms with Crippen LogP contribution in [0.4, 0.5) is 11.5 Å². The van der Waals surface area contributed by atoms with Gasteiger partial charge in [0.2, 0.25) is 0 Å². The summed E-state index contributed by atoms with van der Waals surface area (Å²) in [5.41, 5.74) is 23.7. The molecule has 2 aliphatic rings. The summed E-state index contributed by atoms with van der Waals surface area (Å²) in [5, 5.41) is 0. The van der Waals surface area contributed by atoms with E-state index in [1.165, 1.54) is 22.3 Å². The molecule has 0 spiro atoms. The Balaban J connectivity index is 1.50. The SMILES string of the molecule is CCN1CCc2ccc(-c3cnc(N)c(-c4ccc5c(c4)CCN(CC)CC5)c3N)cc2CC1. The summed E-state index contributed by atoms with van der Waals surface area (Å²) in [5.74, 6) is 0.498. The van der Waals surface area contributed by atoms with Crippen LogP contribution in [0.2, 0.25) is 0 Å². The molecule has 0 atom stereocenters. The number of fused-ring (bicyclic) bond motifs is 2. The second kappa shape index (κ2) is 9.77. The lowest BCUT2D eigenvalue weighted by molar-refractivity contribution is 0.303. The minimum absolute atomic E-state index is 0.498. The summed E-state index contributed by atoms with van der Waals surface area (Å²) in [6.07, 6.45) is 6.18. The van der Waals surface area contributed by atoms with Crippen molar-refractivity contribution in [2.45, 2.75) is 39.5 Å². The number of hydrogen-bond acceptors (Lipinski definition) is 5. The van der Waals surface area contributed by atoms with Gasteiger partial charge in [0, 0.05) is 43.5 Å². The Morgan fingerprint density at radius 1 is 0.706 bits per heavy atom. The molecule has 0 unspecified atom stereocenters. The summed E-state index contributed by atoms with van der Waals surface area (Å²) in [6, 6.07) is 13.5. The fraction of sp³-hybridized carbons (Fsp3) is 0.414. The van der Waals surface area contributed by atoms with E-state index in [9.17, 15) is 0 Å². The van der Waals surface area contributed by atoms with Gasteiger partial charge < -0.3 is 21.3 Å². The van der Waals surface area contributed by atoms with Crippen LogP contribution < -0.4 is 11.5 Å². The number of rotatable bonds is 4. The number of nitrogens with zero attached hydrogens (tertiary/aromatic N) is 3. The normalized spacial score (nSPS) is 17.0. The molecule has 0 amide bonds. The summed E-state index contributed by atoms with van der Waals surface area (Å²) in [6.45, 7) is 11.2. The maximum Gasteiger partial charge on any atom is 0.133 e. The first-order valence-electron chi connectivity index (χ1n) is 12.8. The third kappa shape index (κ3) is 4.42. The second-order valence-electron chi connectivity index (χ2n) is 9.68. The molecule has 4 N–H and O–H groups in total. The highest BCUT2D eigenvalue weighted by molar-refractivity contribution is 5.93. The molecule has 0 fully saturated rings. The fourth-order valence-corrected chi connectivity index (χ4v) is 5.57. The Kier molecular flexibility index (Phi) is 6.57. The third-order valence-corrected chi connectivity index (χ3v) is 7.84. The summed E-state index contributed by atoms with van der Waals surface area (Å²) < 4.78 is 0. The Labute approximate surface area is 203 Å². The maximum absolute atomic E-state index is 6.81.